The third-order valence-electron chi connectivity index (χ3n) is 3.51. The van der Waals surface area contributed by atoms with Crippen LogP contribution < -0.4 is 10.6 Å². The first-order valence-electron chi connectivity index (χ1n) is 7.10. The van der Waals surface area contributed by atoms with Crippen LogP contribution in [0.2, 0.25) is 0 Å². The SMILES string of the molecule is CCOC(=O)C(C)(C)c1csc(NCC2CCC(=O)N2)n1. The summed E-state index contributed by atoms with van der Waals surface area (Å²) in [4.78, 5) is 27.5. The van der Waals surface area contributed by atoms with Crippen molar-refractivity contribution >= 4 is 28.3 Å². The first-order chi connectivity index (χ1) is 9.93. The summed E-state index contributed by atoms with van der Waals surface area (Å²) in [6.45, 7) is 6.41. The van der Waals surface area contributed by atoms with Gasteiger partial charge in [-0.2, -0.15) is 0 Å². The molecule has 2 N–H and O–H groups in total. The summed E-state index contributed by atoms with van der Waals surface area (Å²) in [7, 11) is 0. The second kappa shape index (κ2) is 6.43. The number of carbonyl (C=O) groups excluding carboxylic acids is 2. The number of hydrogen-bond acceptors (Lipinski definition) is 6. The van der Waals surface area contributed by atoms with Crippen LogP contribution in [0, 0.1) is 0 Å². The van der Waals surface area contributed by atoms with E-state index in [1.165, 1.54) is 11.3 Å². The van der Waals surface area contributed by atoms with E-state index in [-0.39, 0.29) is 17.9 Å². The summed E-state index contributed by atoms with van der Waals surface area (Å²) in [6, 6.07) is 0.155. The molecule has 116 valence electrons. The van der Waals surface area contributed by atoms with Crippen molar-refractivity contribution < 1.29 is 14.3 Å². The van der Waals surface area contributed by atoms with Crippen LogP contribution in [0.1, 0.15) is 39.3 Å². The largest absolute Gasteiger partial charge is 0.465 e. The van der Waals surface area contributed by atoms with Crippen LogP contribution in [0.4, 0.5) is 5.13 Å². The van der Waals surface area contributed by atoms with Gasteiger partial charge in [-0.05, 0) is 27.2 Å². The first-order valence-corrected chi connectivity index (χ1v) is 7.98. The zero-order chi connectivity index (χ0) is 15.5. The monoisotopic (exact) mass is 311 g/mol. The highest BCUT2D eigenvalue weighted by Crippen LogP contribution is 2.28. The van der Waals surface area contributed by atoms with E-state index in [9.17, 15) is 9.59 Å². The maximum atomic E-state index is 12.0. The van der Waals surface area contributed by atoms with Crippen molar-refractivity contribution in [1.29, 1.82) is 0 Å². The Hall–Kier alpha value is -1.63. The van der Waals surface area contributed by atoms with Gasteiger partial charge in [0.25, 0.3) is 0 Å². The molecule has 1 aliphatic heterocycles. The second-order valence-corrected chi connectivity index (χ2v) is 6.43. The third-order valence-corrected chi connectivity index (χ3v) is 4.31. The standard InChI is InChI=1S/C14H21N3O3S/c1-4-20-12(19)14(2,3)10-8-21-13(17-10)15-7-9-5-6-11(18)16-9/h8-9H,4-7H2,1-3H3,(H,15,17)(H,16,18). The minimum absolute atomic E-state index is 0.102. The van der Waals surface area contributed by atoms with E-state index >= 15 is 0 Å². The maximum absolute atomic E-state index is 12.0. The number of amides is 1. The smallest absolute Gasteiger partial charge is 0.317 e. The number of anilines is 1. The predicted octanol–water partition coefficient (Wildman–Crippen LogP) is 1.67. The Morgan fingerprint density at radius 1 is 1.62 bits per heavy atom. The van der Waals surface area contributed by atoms with Crippen LogP contribution in [-0.4, -0.2) is 36.1 Å². The van der Waals surface area contributed by atoms with Gasteiger partial charge in [-0.25, -0.2) is 4.98 Å². The number of ether oxygens (including phenoxy) is 1. The molecular formula is C14H21N3O3S. The van der Waals surface area contributed by atoms with Crippen LogP contribution in [0.15, 0.2) is 5.38 Å². The fraction of sp³-hybridized carbons (Fsp3) is 0.643. The van der Waals surface area contributed by atoms with Crippen molar-refractivity contribution in [3.05, 3.63) is 11.1 Å². The van der Waals surface area contributed by atoms with Gasteiger partial charge in [0.2, 0.25) is 5.91 Å². The van der Waals surface area contributed by atoms with Crippen LogP contribution in [0.3, 0.4) is 0 Å². The van der Waals surface area contributed by atoms with Gasteiger partial charge in [0.15, 0.2) is 5.13 Å². The lowest BCUT2D eigenvalue weighted by molar-refractivity contribution is -0.148. The fourth-order valence-electron chi connectivity index (χ4n) is 2.10. The Labute approximate surface area is 128 Å². The summed E-state index contributed by atoms with van der Waals surface area (Å²) in [5.74, 6) is -0.171. The zero-order valence-electron chi connectivity index (χ0n) is 12.6. The van der Waals surface area contributed by atoms with Crippen LogP contribution in [0.5, 0.6) is 0 Å². The van der Waals surface area contributed by atoms with Gasteiger partial charge in [0.05, 0.1) is 12.3 Å². The Bertz CT molecular complexity index is 527. The molecule has 21 heavy (non-hydrogen) atoms. The number of carbonyl (C=O) groups is 2. The Balaban J connectivity index is 1.94. The molecule has 1 unspecified atom stereocenters. The Kier molecular flexibility index (Phi) is 4.82. The molecule has 1 aliphatic rings. The minimum atomic E-state index is -0.756. The Morgan fingerprint density at radius 3 is 3.00 bits per heavy atom. The highest BCUT2D eigenvalue weighted by atomic mass is 32.1. The first kappa shape index (κ1) is 15.8. The number of esters is 1. The van der Waals surface area contributed by atoms with Crippen molar-refractivity contribution in [2.24, 2.45) is 0 Å². The topological polar surface area (TPSA) is 80.3 Å². The van der Waals surface area contributed by atoms with Gasteiger partial charge in [-0.15, -0.1) is 11.3 Å². The molecule has 1 atom stereocenters. The van der Waals surface area contributed by atoms with Crippen LogP contribution in [0.25, 0.3) is 0 Å². The lowest BCUT2D eigenvalue weighted by Gasteiger charge is -2.19. The van der Waals surface area contributed by atoms with Crippen molar-refractivity contribution in [2.45, 2.75) is 45.1 Å². The van der Waals surface area contributed by atoms with E-state index in [2.05, 4.69) is 15.6 Å². The summed E-state index contributed by atoms with van der Waals surface area (Å²) >= 11 is 1.45. The van der Waals surface area contributed by atoms with Gasteiger partial charge in [-0.3, -0.25) is 9.59 Å². The molecule has 2 heterocycles. The molecule has 0 aliphatic carbocycles. The molecule has 0 saturated carbocycles. The summed E-state index contributed by atoms with van der Waals surface area (Å²) < 4.78 is 5.08. The van der Waals surface area contributed by atoms with Crippen LogP contribution in [-0.2, 0) is 19.7 Å². The number of aromatic nitrogens is 1. The highest BCUT2D eigenvalue weighted by Gasteiger charge is 2.34. The van der Waals surface area contributed by atoms with Gasteiger partial charge in [-0.1, -0.05) is 0 Å². The normalized spacial score (nSPS) is 18.4. The Morgan fingerprint density at radius 2 is 2.38 bits per heavy atom. The number of thiazole rings is 1. The van der Waals surface area contributed by atoms with Gasteiger partial charge in [0, 0.05) is 24.4 Å². The number of hydrogen-bond donors (Lipinski definition) is 2. The maximum Gasteiger partial charge on any atom is 0.317 e. The molecule has 2 rings (SSSR count). The van der Waals surface area contributed by atoms with Crippen molar-refractivity contribution in [3.8, 4) is 0 Å². The van der Waals surface area contributed by atoms with Crippen molar-refractivity contribution in [3.63, 3.8) is 0 Å². The highest BCUT2D eigenvalue weighted by molar-refractivity contribution is 7.13. The zero-order valence-corrected chi connectivity index (χ0v) is 13.4. The average molecular weight is 311 g/mol. The van der Waals surface area contributed by atoms with E-state index in [1.807, 2.05) is 5.38 Å². The molecule has 1 fully saturated rings. The molecule has 0 bridgehead atoms. The quantitative estimate of drug-likeness (QED) is 0.781. The fourth-order valence-corrected chi connectivity index (χ4v) is 2.99. The number of rotatable bonds is 6. The van der Waals surface area contributed by atoms with Crippen molar-refractivity contribution in [2.75, 3.05) is 18.5 Å². The van der Waals surface area contributed by atoms with Gasteiger partial charge < -0.3 is 15.4 Å². The average Bonchev–Trinajstić information content (AvgIpc) is 3.05. The van der Waals surface area contributed by atoms with Gasteiger partial charge >= 0.3 is 5.97 Å². The van der Waals surface area contributed by atoms with E-state index in [4.69, 9.17) is 4.74 Å². The molecule has 0 radical (unpaired) electrons. The molecule has 7 heteroatoms. The lowest BCUT2D eigenvalue weighted by atomic mass is 9.90. The third kappa shape index (κ3) is 3.72. The van der Waals surface area contributed by atoms with E-state index in [0.29, 0.717) is 25.3 Å². The van der Waals surface area contributed by atoms with E-state index in [1.54, 1.807) is 20.8 Å². The molecule has 0 spiro atoms. The summed E-state index contributed by atoms with van der Waals surface area (Å²) in [5, 5.41) is 8.73. The van der Waals surface area contributed by atoms with E-state index < -0.39 is 5.41 Å². The minimum Gasteiger partial charge on any atom is -0.465 e. The number of nitrogens with one attached hydrogen (secondary N) is 2. The molecule has 1 saturated heterocycles. The molecular weight excluding hydrogens is 290 g/mol. The predicted molar refractivity (Wildman–Crippen MR) is 81.4 cm³/mol. The molecule has 1 amide bonds. The van der Waals surface area contributed by atoms with Gasteiger partial charge in [0.1, 0.15) is 5.41 Å². The summed E-state index contributed by atoms with van der Waals surface area (Å²) in [5.41, 5.74) is -0.0579. The van der Waals surface area contributed by atoms with E-state index in [0.717, 1.165) is 11.6 Å². The van der Waals surface area contributed by atoms with Crippen LogP contribution >= 0.6 is 11.3 Å². The molecule has 6 nitrogen and oxygen atoms in total. The molecule has 0 aromatic carbocycles. The second-order valence-electron chi connectivity index (χ2n) is 5.57. The number of nitrogens with zero attached hydrogens (tertiary/aromatic N) is 1. The molecule has 1 aromatic rings. The lowest BCUT2D eigenvalue weighted by Crippen LogP contribution is -2.32. The van der Waals surface area contributed by atoms with Crippen molar-refractivity contribution in [1.82, 2.24) is 10.3 Å². The summed E-state index contributed by atoms with van der Waals surface area (Å²) in [6.07, 6.45) is 1.43. The molecule has 1 aromatic heterocycles.